The van der Waals surface area contributed by atoms with Crippen molar-refractivity contribution in [3.05, 3.63) is 66.0 Å². The Labute approximate surface area is 133 Å². The van der Waals surface area contributed by atoms with Crippen LogP contribution in [0.15, 0.2) is 53.7 Å². The standard InChI is InChI=1S/C16H17N5O2/c1-12-14(20-23-19-12)9-16(22)18-15(10-21-8-7-17-11-21)13-5-3-2-4-6-13/h2-8,11,15H,9-10H2,1H3,(H,18,22)/t15-/m0/s1. The van der Waals surface area contributed by atoms with Crippen molar-refractivity contribution in [3.63, 3.8) is 0 Å². The Balaban J connectivity index is 1.73. The van der Waals surface area contributed by atoms with E-state index >= 15 is 0 Å². The summed E-state index contributed by atoms with van der Waals surface area (Å²) < 4.78 is 6.56. The van der Waals surface area contributed by atoms with Gasteiger partial charge in [0.2, 0.25) is 5.91 Å². The Hall–Kier alpha value is -2.96. The lowest BCUT2D eigenvalue weighted by molar-refractivity contribution is -0.121. The van der Waals surface area contributed by atoms with E-state index in [1.807, 2.05) is 41.1 Å². The van der Waals surface area contributed by atoms with Crippen LogP contribution in [-0.2, 0) is 17.8 Å². The fourth-order valence-corrected chi connectivity index (χ4v) is 2.33. The molecule has 2 aromatic heterocycles. The second-order valence-corrected chi connectivity index (χ2v) is 5.26. The topological polar surface area (TPSA) is 85.8 Å². The number of carbonyl (C=O) groups is 1. The Morgan fingerprint density at radius 3 is 2.78 bits per heavy atom. The number of amides is 1. The molecule has 0 aliphatic carbocycles. The van der Waals surface area contributed by atoms with Crippen molar-refractivity contribution in [1.82, 2.24) is 25.2 Å². The zero-order chi connectivity index (χ0) is 16.1. The average molecular weight is 311 g/mol. The normalized spacial score (nSPS) is 12.0. The first-order valence-electron chi connectivity index (χ1n) is 7.30. The molecule has 1 atom stereocenters. The Morgan fingerprint density at radius 2 is 2.13 bits per heavy atom. The lowest BCUT2D eigenvalue weighted by Crippen LogP contribution is -2.32. The van der Waals surface area contributed by atoms with Crippen molar-refractivity contribution in [3.8, 4) is 0 Å². The first-order valence-corrected chi connectivity index (χ1v) is 7.30. The number of hydrogen-bond donors (Lipinski definition) is 1. The minimum Gasteiger partial charge on any atom is -0.347 e. The lowest BCUT2D eigenvalue weighted by atomic mass is 10.1. The predicted octanol–water partition coefficient (Wildman–Crippen LogP) is 1.67. The van der Waals surface area contributed by atoms with Gasteiger partial charge in [-0.2, -0.15) is 0 Å². The van der Waals surface area contributed by atoms with Gasteiger partial charge in [0.05, 0.1) is 18.8 Å². The molecule has 3 aromatic rings. The molecule has 0 bridgehead atoms. The van der Waals surface area contributed by atoms with E-state index in [1.54, 1.807) is 19.4 Å². The average Bonchev–Trinajstić information content (AvgIpc) is 3.20. The van der Waals surface area contributed by atoms with E-state index in [0.29, 0.717) is 17.9 Å². The number of nitrogens with zero attached hydrogens (tertiary/aromatic N) is 4. The van der Waals surface area contributed by atoms with Gasteiger partial charge in [-0.25, -0.2) is 9.61 Å². The third-order valence-electron chi connectivity index (χ3n) is 3.56. The van der Waals surface area contributed by atoms with E-state index < -0.39 is 0 Å². The van der Waals surface area contributed by atoms with Crippen LogP contribution in [0.3, 0.4) is 0 Å². The molecule has 0 radical (unpaired) electrons. The van der Waals surface area contributed by atoms with Crippen molar-refractivity contribution in [1.29, 1.82) is 0 Å². The SMILES string of the molecule is Cc1nonc1CC(=O)N[C@@H](Cn1ccnc1)c1ccccc1. The minimum absolute atomic E-state index is 0.127. The van der Waals surface area contributed by atoms with Gasteiger partial charge >= 0.3 is 0 Å². The van der Waals surface area contributed by atoms with E-state index in [2.05, 4.69) is 25.2 Å². The number of aryl methyl sites for hydroxylation is 1. The molecular weight excluding hydrogens is 294 g/mol. The quantitative estimate of drug-likeness (QED) is 0.748. The van der Waals surface area contributed by atoms with Gasteiger partial charge in [0.15, 0.2) is 0 Å². The Morgan fingerprint density at radius 1 is 1.30 bits per heavy atom. The molecule has 0 saturated heterocycles. The summed E-state index contributed by atoms with van der Waals surface area (Å²) in [5.74, 6) is -0.127. The van der Waals surface area contributed by atoms with Gasteiger partial charge in [-0.3, -0.25) is 4.79 Å². The maximum Gasteiger partial charge on any atom is 0.226 e. The van der Waals surface area contributed by atoms with Gasteiger partial charge < -0.3 is 9.88 Å². The zero-order valence-corrected chi connectivity index (χ0v) is 12.7. The second kappa shape index (κ2) is 6.87. The van der Waals surface area contributed by atoms with Crippen LogP contribution in [0.5, 0.6) is 0 Å². The van der Waals surface area contributed by atoms with Crippen molar-refractivity contribution < 1.29 is 9.42 Å². The third kappa shape index (κ3) is 3.82. The summed E-state index contributed by atoms with van der Waals surface area (Å²) in [5, 5.41) is 10.5. The number of benzene rings is 1. The van der Waals surface area contributed by atoms with Crippen LogP contribution >= 0.6 is 0 Å². The molecule has 1 aromatic carbocycles. The molecular formula is C16H17N5O2. The van der Waals surface area contributed by atoms with Crippen LogP contribution in [-0.4, -0.2) is 25.8 Å². The van der Waals surface area contributed by atoms with Crippen LogP contribution in [0, 0.1) is 6.92 Å². The van der Waals surface area contributed by atoms with Gasteiger partial charge in [-0.1, -0.05) is 40.6 Å². The number of nitrogens with one attached hydrogen (secondary N) is 1. The molecule has 23 heavy (non-hydrogen) atoms. The molecule has 2 heterocycles. The maximum absolute atomic E-state index is 12.3. The molecule has 1 N–H and O–H groups in total. The Kier molecular flexibility index (Phi) is 4.46. The monoisotopic (exact) mass is 311 g/mol. The van der Waals surface area contributed by atoms with Crippen molar-refractivity contribution in [2.75, 3.05) is 0 Å². The van der Waals surface area contributed by atoms with Crippen LogP contribution in [0.25, 0.3) is 0 Å². The molecule has 0 spiro atoms. The van der Waals surface area contributed by atoms with Gasteiger partial charge in [0.1, 0.15) is 11.4 Å². The number of carbonyl (C=O) groups excluding carboxylic acids is 1. The highest BCUT2D eigenvalue weighted by Gasteiger charge is 2.17. The summed E-state index contributed by atoms with van der Waals surface area (Å²) in [6.07, 6.45) is 5.46. The summed E-state index contributed by atoms with van der Waals surface area (Å²) in [6.45, 7) is 2.37. The van der Waals surface area contributed by atoms with Gasteiger partial charge in [-0.05, 0) is 12.5 Å². The maximum atomic E-state index is 12.3. The summed E-state index contributed by atoms with van der Waals surface area (Å²) in [5.41, 5.74) is 2.22. The Bertz CT molecular complexity index is 752. The molecule has 0 fully saturated rings. The molecule has 7 heteroatoms. The molecule has 0 aliphatic heterocycles. The summed E-state index contributed by atoms with van der Waals surface area (Å²) in [4.78, 5) is 16.4. The predicted molar refractivity (Wildman–Crippen MR) is 82.3 cm³/mol. The summed E-state index contributed by atoms with van der Waals surface area (Å²) in [7, 11) is 0. The molecule has 0 unspecified atom stereocenters. The lowest BCUT2D eigenvalue weighted by Gasteiger charge is -2.19. The van der Waals surface area contributed by atoms with E-state index in [4.69, 9.17) is 0 Å². The smallest absolute Gasteiger partial charge is 0.226 e. The molecule has 1 amide bonds. The van der Waals surface area contributed by atoms with Crippen LogP contribution in [0.2, 0.25) is 0 Å². The van der Waals surface area contributed by atoms with Crippen molar-refractivity contribution >= 4 is 5.91 Å². The van der Waals surface area contributed by atoms with Crippen LogP contribution in [0.4, 0.5) is 0 Å². The van der Waals surface area contributed by atoms with E-state index in [0.717, 1.165) is 5.56 Å². The summed E-state index contributed by atoms with van der Waals surface area (Å²) in [6, 6.07) is 9.68. The van der Waals surface area contributed by atoms with Gasteiger partial charge in [-0.15, -0.1) is 0 Å². The van der Waals surface area contributed by atoms with Crippen LogP contribution < -0.4 is 5.32 Å². The number of imidazole rings is 1. The van der Waals surface area contributed by atoms with E-state index in [1.165, 1.54) is 0 Å². The highest BCUT2D eigenvalue weighted by molar-refractivity contribution is 5.78. The molecule has 7 nitrogen and oxygen atoms in total. The zero-order valence-electron chi connectivity index (χ0n) is 12.7. The molecule has 0 saturated carbocycles. The molecule has 0 aliphatic rings. The van der Waals surface area contributed by atoms with E-state index in [9.17, 15) is 4.79 Å². The highest BCUT2D eigenvalue weighted by atomic mass is 16.6. The first-order chi connectivity index (χ1) is 11.2. The molecule has 118 valence electrons. The highest BCUT2D eigenvalue weighted by Crippen LogP contribution is 2.15. The number of hydrogen-bond acceptors (Lipinski definition) is 5. The fourth-order valence-electron chi connectivity index (χ4n) is 2.33. The first kappa shape index (κ1) is 15.0. The van der Waals surface area contributed by atoms with Crippen molar-refractivity contribution in [2.45, 2.75) is 25.9 Å². The fraction of sp³-hybridized carbons (Fsp3) is 0.250. The van der Waals surface area contributed by atoms with Gasteiger partial charge in [0, 0.05) is 18.9 Å². The van der Waals surface area contributed by atoms with Gasteiger partial charge in [0.25, 0.3) is 0 Å². The molecule has 3 rings (SSSR count). The minimum atomic E-state index is -0.155. The van der Waals surface area contributed by atoms with E-state index in [-0.39, 0.29) is 18.4 Å². The van der Waals surface area contributed by atoms with Crippen LogP contribution in [0.1, 0.15) is 23.0 Å². The summed E-state index contributed by atoms with van der Waals surface area (Å²) >= 11 is 0. The largest absolute Gasteiger partial charge is 0.347 e. The van der Waals surface area contributed by atoms with Crippen molar-refractivity contribution in [2.24, 2.45) is 0 Å². The second-order valence-electron chi connectivity index (χ2n) is 5.26. The number of rotatable bonds is 6. The third-order valence-corrected chi connectivity index (χ3v) is 3.56. The number of aromatic nitrogens is 4.